The second-order valence-corrected chi connectivity index (χ2v) is 5.13. The van der Waals surface area contributed by atoms with Crippen molar-refractivity contribution in [3.8, 4) is 0 Å². The molecule has 2 rings (SSSR count). The number of benzene rings is 1. The zero-order valence-electron chi connectivity index (χ0n) is 10.1. The fourth-order valence-corrected chi connectivity index (χ4v) is 2.44. The highest BCUT2D eigenvalue weighted by Gasteiger charge is 2.03. The molecule has 0 radical (unpaired) electrons. The number of nitrogens with two attached hydrogens (primary N) is 1. The topological polar surface area (TPSA) is 55.1 Å². The van der Waals surface area contributed by atoms with E-state index in [-0.39, 0.29) is 5.91 Å². The lowest BCUT2D eigenvalue weighted by Gasteiger charge is -2.05. The smallest absolute Gasteiger partial charge is 0.224 e. The SMILES string of the molecule is Nc1cccc(CC(=O)NCCc2cccs2)c1. The number of carbonyl (C=O) groups excluding carboxylic acids is 1. The Hall–Kier alpha value is -1.81. The first-order valence-corrected chi connectivity index (χ1v) is 6.75. The van der Waals surface area contributed by atoms with E-state index in [0.29, 0.717) is 18.7 Å². The summed E-state index contributed by atoms with van der Waals surface area (Å²) in [7, 11) is 0. The maximum Gasteiger partial charge on any atom is 0.224 e. The number of nitrogens with one attached hydrogen (secondary N) is 1. The summed E-state index contributed by atoms with van der Waals surface area (Å²) in [6, 6.07) is 11.5. The summed E-state index contributed by atoms with van der Waals surface area (Å²) in [5.41, 5.74) is 7.31. The Kier molecular flexibility index (Phi) is 4.36. The molecule has 0 bridgehead atoms. The molecule has 0 unspecified atom stereocenters. The van der Waals surface area contributed by atoms with Gasteiger partial charge in [0, 0.05) is 17.1 Å². The number of amides is 1. The highest BCUT2D eigenvalue weighted by Crippen LogP contribution is 2.09. The third-order valence-corrected chi connectivity index (χ3v) is 3.53. The first-order valence-electron chi connectivity index (χ1n) is 5.87. The van der Waals surface area contributed by atoms with E-state index >= 15 is 0 Å². The van der Waals surface area contributed by atoms with E-state index < -0.39 is 0 Å². The third-order valence-electron chi connectivity index (χ3n) is 2.59. The number of nitrogen functional groups attached to an aromatic ring is 1. The molecule has 1 aromatic heterocycles. The molecular formula is C14H16N2OS. The summed E-state index contributed by atoms with van der Waals surface area (Å²) in [4.78, 5) is 13.0. The van der Waals surface area contributed by atoms with Crippen LogP contribution < -0.4 is 11.1 Å². The van der Waals surface area contributed by atoms with Crippen LogP contribution in [0.4, 0.5) is 5.69 Å². The lowest BCUT2D eigenvalue weighted by molar-refractivity contribution is -0.120. The van der Waals surface area contributed by atoms with Crippen molar-refractivity contribution in [1.29, 1.82) is 0 Å². The lowest BCUT2D eigenvalue weighted by atomic mass is 10.1. The first kappa shape index (κ1) is 12.6. The summed E-state index contributed by atoms with van der Waals surface area (Å²) < 4.78 is 0. The predicted molar refractivity (Wildman–Crippen MR) is 75.6 cm³/mol. The maximum atomic E-state index is 11.7. The molecule has 0 spiro atoms. The van der Waals surface area contributed by atoms with Gasteiger partial charge in [0.05, 0.1) is 6.42 Å². The van der Waals surface area contributed by atoms with Gasteiger partial charge in [-0.15, -0.1) is 11.3 Å². The molecule has 0 aliphatic carbocycles. The summed E-state index contributed by atoms with van der Waals surface area (Å²) >= 11 is 1.71. The van der Waals surface area contributed by atoms with Crippen molar-refractivity contribution in [3.63, 3.8) is 0 Å². The van der Waals surface area contributed by atoms with Gasteiger partial charge in [-0.25, -0.2) is 0 Å². The number of hydrogen-bond acceptors (Lipinski definition) is 3. The Morgan fingerprint density at radius 3 is 2.89 bits per heavy atom. The molecule has 0 saturated carbocycles. The van der Waals surface area contributed by atoms with Gasteiger partial charge in [-0.3, -0.25) is 4.79 Å². The highest BCUT2D eigenvalue weighted by atomic mass is 32.1. The van der Waals surface area contributed by atoms with E-state index in [2.05, 4.69) is 11.4 Å². The van der Waals surface area contributed by atoms with Crippen molar-refractivity contribution in [2.45, 2.75) is 12.8 Å². The first-order chi connectivity index (χ1) is 8.74. The van der Waals surface area contributed by atoms with Gasteiger partial charge in [0.15, 0.2) is 0 Å². The molecule has 1 amide bonds. The number of thiophene rings is 1. The highest BCUT2D eigenvalue weighted by molar-refractivity contribution is 7.09. The van der Waals surface area contributed by atoms with Crippen molar-refractivity contribution in [2.75, 3.05) is 12.3 Å². The molecule has 0 fully saturated rings. The predicted octanol–water partition coefficient (Wildman–Crippen LogP) is 2.23. The van der Waals surface area contributed by atoms with Crippen molar-refractivity contribution >= 4 is 22.9 Å². The van der Waals surface area contributed by atoms with E-state index in [1.165, 1.54) is 4.88 Å². The molecule has 3 nitrogen and oxygen atoms in total. The average molecular weight is 260 g/mol. The van der Waals surface area contributed by atoms with Crippen LogP contribution >= 0.6 is 11.3 Å². The van der Waals surface area contributed by atoms with Crippen LogP contribution in [-0.4, -0.2) is 12.5 Å². The van der Waals surface area contributed by atoms with E-state index in [1.807, 2.05) is 35.7 Å². The van der Waals surface area contributed by atoms with E-state index in [1.54, 1.807) is 11.3 Å². The molecule has 2 aromatic rings. The average Bonchev–Trinajstić information content (AvgIpc) is 2.82. The number of carbonyl (C=O) groups is 1. The van der Waals surface area contributed by atoms with Gasteiger partial charge in [0.1, 0.15) is 0 Å². The molecule has 94 valence electrons. The van der Waals surface area contributed by atoms with Gasteiger partial charge in [0.25, 0.3) is 0 Å². The zero-order valence-corrected chi connectivity index (χ0v) is 10.9. The molecule has 4 heteroatoms. The van der Waals surface area contributed by atoms with Crippen LogP contribution in [0.25, 0.3) is 0 Å². The fraction of sp³-hybridized carbons (Fsp3) is 0.214. The maximum absolute atomic E-state index is 11.7. The second-order valence-electron chi connectivity index (χ2n) is 4.10. The van der Waals surface area contributed by atoms with E-state index in [9.17, 15) is 4.79 Å². The molecule has 18 heavy (non-hydrogen) atoms. The van der Waals surface area contributed by atoms with Gasteiger partial charge < -0.3 is 11.1 Å². The Labute approximate surface area is 111 Å². The molecule has 3 N–H and O–H groups in total. The quantitative estimate of drug-likeness (QED) is 0.810. The zero-order chi connectivity index (χ0) is 12.8. The standard InChI is InChI=1S/C14H16N2OS/c15-12-4-1-3-11(9-12)10-14(17)16-7-6-13-5-2-8-18-13/h1-5,8-9H,6-7,10,15H2,(H,16,17). The molecule has 0 saturated heterocycles. The van der Waals surface area contributed by atoms with E-state index in [0.717, 1.165) is 12.0 Å². The summed E-state index contributed by atoms with van der Waals surface area (Å²) in [6.07, 6.45) is 1.27. The molecule has 1 aromatic carbocycles. The number of rotatable bonds is 5. The van der Waals surface area contributed by atoms with Crippen LogP contribution in [-0.2, 0) is 17.6 Å². The van der Waals surface area contributed by atoms with Gasteiger partial charge >= 0.3 is 0 Å². The summed E-state index contributed by atoms with van der Waals surface area (Å²) in [5.74, 6) is 0.0390. The van der Waals surface area contributed by atoms with Crippen molar-refractivity contribution in [1.82, 2.24) is 5.32 Å². The third kappa shape index (κ3) is 3.89. The van der Waals surface area contributed by atoms with Crippen LogP contribution in [0.2, 0.25) is 0 Å². The van der Waals surface area contributed by atoms with Crippen molar-refractivity contribution in [2.24, 2.45) is 0 Å². The van der Waals surface area contributed by atoms with Gasteiger partial charge in [-0.2, -0.15) is 0 Å². The van der Waals surface area contributed by atoms with Crippen molar-refractivity contribution < 1.29 is 4.79 Å². The van der Waals surface area contributed by atoms with Gasteiger partial charge in [-0.05, 0) is 35.6 Å². The Morgan fingerprint density at radius 2 is 2.17 bits per heavy atom. The Balaban J connectivity index is 1.75. The molecule has 0 aliphatic heterocycles. The Bertz CT molecular complexity index is 508. The van der Waals surface area contributed by atoms with Crippen LogP contribution in [0.3, 0.4) is 0 Å². The van der Waals surface area contributed by atoms with Crippen LogP contribution in [0.1, 0.15) is 10.4 Å². The van der Waals surface area contributed by atoms with Gasteiger partial charge in [0.2, 0.25) is 5.91 Å². The molecular weight excluding hydrogens is 244 g/mol. The van der Waals surface area contributed by atoms with Crippen LogP contribution in [0.5, 0.6) is 0 Å². The fourth-order valence-electron chi connectivity index (χ4n) is 1.73. The normalized spacial score (nSPS) is 10.2. The number of hydrogen-bond donors (Lipinski definition) is 2. The minimum Gasteiger partial charge on any atom is -0.399 e. The van der Waals surface area contributed by atoms with Crippen LogP contribution in [0.15, 0.2) is 41.8 Å². The molecule has 1 heterocycles. The molecule has 0 atom stereocenters. The second kappa shape index (κ2) is 6.21. The van der Waals surface area contributed by atoms with Gasteiger partial charge in [-0.1, -0.05) is 18.2 Å². The summed E-state index contributed by atoms with van der Waals surface area (Å²) in [6.45, 7) is 0.682. The number of anilines is 1. The minimum atomic E-state index is 0.0390. The largest absolute Gasteiger partial charge is 0.399 e. The Morgan fingerprint density at radius 1 is 1.28 bits per heavy atom. The van der Waals surface area contributed by atoms with E-state index in [4.69, 9.17) is 5.73 Å². The monoisotopic (exact) mass is 260 g/mol. The summed E-state index contributed by atoms with van der Waals surface area (Å²) in [5, 5.41) is 4.96. The molecule has 0 aliphatic rings. The lowest BCUT2D eigenvalue weighted by Crippen LogP contribution is -2.27. The van der Waals surface area contributed by atoms with Crippen LogP contribution in [0, 0.1) is 0 Å². The van der Waals surface area contributed by atoms with Crippen molar-refractivity contribution in [3.05, 3.63) is 52.2 Å². The minimum absolute atomic E-state index is 0.0390.